The SMILES string of the molecule is CCN[SiH](OC(C)(C)C)OC(C)(C)C. The molecule has 0 aliphatic heterocycles. The highest BCUT2D eigenvalue weighted by Crippen LogP contribution is 2.13. The van der Waals surface area contributed by atoms with Crippen molar-refractivity contribution in [1.82, 2.24) is 4.98 Å². The predicted octanol–water partition coefficient (Wildman–Crippen LogP) is 1.94. The average molecular weight is 219 g/mol. The zero-order valence-corrected chi connectivity index (χ0v) is 11.8. The Morgan fingerprint density at radius 2 is 1.29 bits per heavy atom. The Morgan fingerprint density at radius 1 is 0.929 bits per heavy atom. The zero-order valence-electron chi connectivity index (χ0n) is 10.6. The van der Waals surface area contributed by atoms with Crippen LogP contribution in [0.2, 0.25) is 0 Å². The van der Waals surface area contributed by atoms with Crippen LogP contribution in [0.25, 0.3) is 0 Å². The van der Waals surface area contributed by atoms with Gasteiger partial charge >= 0.3 is 9.45 Å². The molecule has 0 aliphatic rings. The summed E-state index contributed by atoms with van der Waals surface area (Å²) in [5, 5.41) is 0. The van der Waals surface area contributed by atoms with Gasteiger partial charge in [0, 0.05) is 0 Å². The van der Waals surface area contributed by atoms with Crippen LogP contribution in [0, 0.1) is 0 Å². The van der Waals surface area contributed by atoms with E-state index >= 15 is 0 Å². The average Bonchev–Trinajstić information content (AvgIpc) is 1.78. The van der Waals surface area contributed by atoms with E-state index in [9.17, 15) is 0 Å². The van der Waals surface area contributed by atoms with Gasteiger partial charge in [0.05, 0.1) is 11.2 Å². The molecule has 0 aromatic heterocycles. The van der Waals surface area contributed by atoms with E-state index in [0.29, 0.717) is 0 Å². The van der Waals surface area contributed by atoms with Gasteiger partial charge < -0.3 is 8.85 Å². The minimum Gasteiger partial charge on any atom is -0.380 e. The fourth-order valence-electron chi connectivity index (χ4n) is 0.916. The third-order valence-corrected chi connectivity index (χ3v) is 3.88. The van der Waals surface area contributed by atoms with Gasteiger partial charge in [-0.2, -0.15) is 0 Å². The van der Waals surface area contributed by atoms with Gasteiger partial charge in [0.15, 0.2) is 0 Å². The summed E-state index contributed by atoms with van der Waals surface area (Å²) in [7, 11) is -1.73. The first-order valence-electron chi connectivity index (χ1n) is 5.23. The van der Waals surface area contributed by atoms with Gasteiger partial charge in [0.25, 0.3) is 0 Å². The Kier molecular flexibility index (Phi) is 5.29. The Bertz CT molecular complexity index is 144. The highest BCUT2D eigenvalue weighted by molar-refractivity contribution is 6.41. The highest BCUT2D eigenvalue weighted by Gasteiger charge is 2.26. The lowest BCUT2D eigenvalue weighted by molar-refractivity contribution is 0.0286. The molecule has 0 radical (unpaired) electrons. The minimum absolute atomic E-state index is 0.135. The van der Waals surface area contributed by atoms with Gasteiger partial charge in [-0.1, -0.05) is 6.92 Å². The van der Waals surface area contributed by atoms with Crippen LogP contribution >= 0.6 is 0 Å². The van der Waals surface area contributed by atoms with Crippen molar-refractivity contribution in [3.63, 3.8) is 0 Å². The molecule has 0 rings (SSSR count). The van der Waals surface area contributed by atoms with Gasteiger partial charge in [-0.25, -0.2) is 0 Å². The second kappa shape index (κ2) is 5.26. The van der Waals surface area contributed by atoms with Crippen molar-refractivity contribution < 1.29 is 8.85 Å². The van der Waals surface area contributed by atoms with Crippen molar-refractivity contribution in [2.45, 2.75) is 59.7 Å². The van der Waals surface area contributed by atoms with E-state index in [0.717, 1.165) is 6.54 Å². The smallest absolute Gasteiger partial charge is 0.380 e. The summed E-state index contributed by atoms with van der Waals surface area (Å²) in [5.41, 5.74) is -0.269. The summed E-state index contributed by atoms with van der Waals surface area (Å²) in [6.07, 6.45) is 0. The molecular formula is C10H25NO2Si. The predicted molar refractivity (Wildman–Crippen MR) is 62.5 cm³/mol. The largest absolute Gasteiger partial charge is 0.409 e. The topological polar surface area (TPSA) is 30.5 Å². The number of hydrogen-bond acceptors (Lipinski definition) is 3. The summed E-state index contributed by atoms with van der Waals surface area (Å²) >= 11 is 0. The lowest BCUT2D eigenvalue weighted by atomic mass is 10.2. The van der Waals surface area contributed by atoms with Crippen LogP contribution in [0.4, 0.5) is 0 Å². The molecule has 0 spiro atoms. The molecule has 0 unspecified atom stereocenters. The third kappa shape index (κ3) is 8.68. The molecule has 0 aliphatic carbocycles. The van der Waals surface area contributed by atoms with E-state index in [2.05, 4.69) is 53.4 Å². The van der Waals surface area contributed by atoms with Crippen molar-refractivity contribution in [3.8, 4) is 0 Å². The molecule has 0 bridgehead atoms. The molecule has 0 aromatic carbocycles. The van der Waals surface area contributed by atoms with Crippen molar-refractivity contribution in [1.29, 1.82) is 0 Å². The maximum atomic E-state index is 5.86. The van der Waals surface area contributed by atoms with Crippen LogP contribution in [0.1, 0.15) is 48.5 Å². The second-order valence-corrected chi connectivity index (χ2v) is 6.89. The van der Waals surface area contributed by atoms with E-state index in [4.69, 9.17) is 8.85 Å². The normalized spacial score (nSPS) is 13.7. The monoisotopic (exact) mass is 219 g/mol. The number of hydrogen-bond donors (Lipinski definition) is 1. The summed E-state index contributed by atoms with van der Waals surface area (Å²) in [6.45, 7) is 15.3. The Hall–Kier alpha value is 0.0969. The van der Waals surface area contributed by atoms with Crippen molar-refractivity contribution in [2.75, 3.05) is 6.54 Å². The molecule has 86 valence electrons. The molecule has 3 nitrogen and oxygen atoms in total. The number of nitrogens with one attached hydrogen (secondary N) is 1. The molecule has 0 atom stereocenters. The quantitative estimate of drug-likeness (QED) is 0.733. The molecule has 0 saturated carbocycles. The third-order valence-electron chi connectivity index (χ3n) is 1.29. The van der Waals surface area contributed by atoms with Gasteiger partial charge in [-0.3, -0.25) is 4.98 Å². The van der Waals surface area contributed by atoms with Crippen LogP contribution in [0.15, 0.2) is 0 Å². The maximum Gasteiger partial charge on any atom is 0.409 e. The molecule has 0 heterocycles. The Balaban J connectivity index is 4.16. The van der Waals surface area contributed by atoms with E-state index in [-0.39, 0.29) is 11.2 Å². The first-order valence-corrected chi connectivity index (χ1v) is 6.75. The van der Waals surface area contributed by atoms with Crippen molar-refractivity contribution >= 4 is 9.45 Å². The highest BCUT2D eigenvalue weighted by atomic mass is 28.3. The molecule has 1 N–H and O–H groups in total. The molecule has 0 amide bonds. The fourth-order valence-corrected chi connectivity index (χ4v) is 2.75. The van der Waals surface area contributed by atoms with Crippen LogP contribution in [0.3, 0.4) is 0 Å². The fraction of sp³-hybridized carbons (Fsp3) is 1.00. The molecule has 14 heavy (non-hydrogen) atoms. The Morgan fingerprint density at radius 3 is 1.50 bits per heavy atom. The van der Waals surface area contributed by atoms with Crippen LogP contribution in [-0.4, -0.2) is 27.2 Å². The summed E-state index contributed by atoms with van der Waals surface area (Å²) in [5.74, 6) is 0. The van der Waals surface area contributed by atoms with Gasteiger partial charge in [-0.05, 0) is 48.1 Å². The van der Waals surface area contributed by atoms with E-state index in [1.54, 1.807) is 0 Å². The first-order chi connectivity index (χ1) is 6.14. The van der Waals surface area contributed by atoms with Crippen LogP contribution < -0.4 is 4.98 Å². The molecule has 0 saturated heterocycles. The molecule has 4 heteroatoms. The van der Waals surface area contributed by atoms with Crippen LogP contribution in [-0.2, 0) is 8.85 Å². The summed E-state index contributed by atoms with van der Waals surface area (Å²) in [6, 6.07) is 0. The second-order valence-electron chi connectivity index (χ2n) is 5.35. The standard InChI is InChI=1S/C10H25NO2Si/c1-8-11-14(12-9(2,3)4)13-10(5,6)7/h11,14H,8H2,1-7H3. The van der Waals surface area contributed by atoms with E-state index in [1.165, 1.54) is 0 Å². The molecule has 0 fully saturated rings. The van der Waals surface area contributed by atoms with Gasteiger partial charge in [-0.15, -0.1) is 0 Å². The minimum atomic E-state index is -1.73. The Labute approximate surface area is 90.1 Å². The van der Waals surface area contributed by atoms with Gasteiger partial charge in [0.2, 0.25) is 0 Å². The lowest BCUT2D eigenvalue weighted by Crippen LogP contribution is -2.48. The van der Waals surface area contributed by atoms with Crippen LogP contribution in [0.5, 0.6) is 0 Å². The van der Waals surface area contributed by atoms with Crippen molar-refractivity contribution in [3.05, 3.63) is 0 Å². The molecule has 0 aromatic rings. The van der Waals surface area contributed by atoms with Crippen molar-refractivity contribution in [2.24, 2.45) is 0 Å². The summed E-state index contributed by atoms with van der Waals surface area (Å²) in [4.78, 5) is 3.29. The molecular weight excluding hydrogens is 194 g/mol. The lowest BCUT2D eigenvalue weighted by Gasteiger charge is -2.31. The van der Waals surface area contributed by atoms with E-state index < -0.39 is 9.45 Å². The maximum absolute atomic E-state index is 5.86. The number of rotatable bonds is 4. The zero-order chi connectivity index (χ0) is 11.4. The van der Waals surface area contributed by atoms with Gasteiger partial charge in [0.1, 0.15) is 0 Å². The first kappa shape index (κ1) is 14.1. The van der Waals surface area contributed by atoms with E-state index in [1.807, 2.05) is 0 Å². The summed E-state index contributed by atoms with van der Waals surface area (Å²) < 4.78 is 11.7.